The van der Waals surface area contributed by atoms with Gasteiger partial charge in [0, 0.05) is 11.5 Å². The first-order valence-corrected chi connectivity index (χ1v) is 4.26. The van der Waals surface area contributed by atoms with Gasteiger partial charge in [0.25, 0.3) is 0 Å². The second kappa shape index (κ2) is 3.88. The van der Waals surface area contributed by atoms with Crippen LogP contribution < -0.4 is 14.8 Å². The predicted molar refractivity (Wildman–Crippen MR) is 54.8 cm³/mol. The molecule has 14 heavy (non-hydrogen) atoms. The Morgan fingerprint density at radius 3 is 3.36 bits per heavy atom. The lowest BCUT2D eigenvalue weighted by Crippen LogP contribution is -2.23. The highest BCUT2D eigenvalue weighted by atomic mass is 16.7. The van der Waals surface area contributed by atoms with Crippen molar-refractivity contribution in [3.63, 3.8) is 0 Å². The summed E-state index contributed by atoms with van der Waals surface area (Å²) in [6, 6.07) is 3.37. The van der Waals surface area contributed by atoms with Crippen molar-refractivity contribution in [3.05, 3.63) is 23.8 Å². The van der Waals surface area contributed by atoms with Crippen molar-refractivity contribution in [2.75, 3.05) is 13.7 Å². The molecule has 0 saturated carbocycles. The highest BCUT2D eigenvalue weighted by Gasteiger charge is 2.13. The third-order valence-electron chi connectivity index (χ3n) is 1.99. The van der Waals surface area contributed by atoms with Gasteiger partial charge in [0.15, 0.2) is 11.5 Å². The van der Waals surface area contributed by atoms with Gasteiger partial charge in [-0.2, -0.15) is 0 Å². The minimum absolute atomic E-state index is 0.130. The molecule has 1 aliphatic rings. The van der Waals surface area contributed by atoms with Crippen molar-refractivity contribution in [3.8, 4) is 11.5 Å². The van der Waals surface area contributed by atoms with Crippen LogP contribution in [-0.2, 0) is 6.42 Å². The number of hydrogen-bond acceptors (Lipinski definition) is 3. The highest BCUT2D eigenvalue weighted by Crippen LogP contribution is 2.32. The second-order valence-electron chi connectivity index (χ2n) is 3.15. The van der Waals surface area contributed by atoms with Gasteiger partial charge in [0.2, 0.25) is 6.75 Å². The predicted octanol–water partition coefficient (Wildman–Crippen LogP) is 1.57. The van der Waals surface area contributed by atoms with Crippen LogP contribution >= 0.6 is 0 Å². The molecule has 1 N–H and O–H groups in total. The maximum absolute atomic E-state index is 7.98. The Morgan fingerprint density at radius 2 is 2.50 bits per heavy atom. The summed E-state index contributed by atoms with van der Waals surface area (Å²) >= 11 is 0. The van der Waals surface area contributed by atoms with E-state index in [0.29, 0.717) is 5.56 Å². The molecule has 1 unspecified atom stereocenters. The SMILES string of the molecule is [2H]C([2H])([2H])NC([2H])(C)Cc1ccc2c(c1)OC([2H])([2H])O2. The van der Waals surface area contributed by atoms with Crippen molar-refractivity contribution in [2.24, 2.45) is 0 Å². The summed E-state index contributed by atoms with van der Waals surface area (Å²) in [5, 5.41) is 2.25. The molecule has 0 radical (unpaired) electrons. The van der Waals surface area contributed by atoms with E-state index in [2.05, 4.69) is 5.32 Å². The largest absolute Gasteiger partial charge is 0.454 e. The first-order valence-electron chi connectivity index (χ1n) is 7.26. The van der Waals surface area contributed by atoms with Gasteiger partial charge in [-0.1, -0.05) is 6.07 Å². The first-order chi connectivity index (χ1) is 8.96. The monoisotopic (exact) mass is 199 g/mol. The molecule has 0 fully saturated rings. The van der Waals surface area contributed by atoms with Gasteiger partial charge >= 0.3 is 0 Å². The molecule has 0 aliphatic carbocycles. The van der Waals surface area contributed by atoms with Gasteiger partial charge in [0.05, 0.1) is 0 Å². The van der Waals surface area contributed by atoms with Crippen LogP contribution in [0.15, 0.2) is 18.2 Å². The lowest BCUT2D eigenvalue weighted by atomic mass is 10.1. The Hall–Kier alpha value is -1.22. The fourth-order valence-electron chi connectivity index (χ4n) is 1.29. The molecule has 0 bridgehead atoms. The molecular weight excluding hydrogens is 178 g/mol. The van der Waals surface area contributed by atoms with E-state index in [1.807, 2.05) is 0 Å². The normalized spacial score (nSPS) is 28.6. The van der Waals surface area contributed by atoms with E-state index in [-0.39, 0.29) is 17.9 Å². The van der Waals surface area contributed by atoms with E-state index in [0.717, 1.165) is 0 Å². The zero-order valence-electron chi connectivity index (χ0n) is 13.8. The van der Waals surface area contributed by atoms with Crippen molar-refractivity contribution < 1.29 is 17.7 Å². The zero-order chi connectivity index (χ0) is 15.2. The van der Waals surface area contributed by atoms with E-state index < -0.39 is 19.7 Å². The molecule has 3 nitrogen and oxygen atoms in total. The summed E-state index contributed by atoms with van der Waals surface area (Å²) in [6.07, 6.45) is 0.130. The summed E-state index contributed by atoms with van der Waals surface area (Å²) in [6.45, 7) is -3.13. The Labute approximate surface area is 92.5 Å². The van der Waals surface area contributed by atoms with E-state index in [9.17, 15) is 0 Å². The van der Waals surface area contributed by atoms with Crippen LogP contribution in [-0.4, -0.2) is 19.7 Å². The molecular formula is C11H15NO2. The van der Waals surface area contributed by atoms with Crippen LogP contribution in [0.1, 0.15) is 20.7 Å². The standard InChI is InChI=1S/C11H15NO2/c1-8(12-2)5-9-3-4-10-11(6-9)14-7-13-10/h3-4,6,8,12H,5,7H2,1-2H3/i2D3,7D2,8D. The van der Waals surface area contributed by atoms with Gasteiger partial charge in [0.1, 0.15) is 2.74 Å². The topological polar surface area (TPSA) is 30.5 Å². The van der Waals surface area contributed by atoms with Gasteiger partial charge in [-0.05, 0) is 38.0 Å². The lowest BCUT2D eigenvalue weighted by molar-refractivity contribution is 0.174. The van der Waals surface area contributed by atoms with Crippen LogP contribution in [0.3, 0.4) is 0 Å². The number of likely N-dealkylation sites (N-methyl/N-ethyl adjacent to an activating group) is 1. The van der Waals surface area contributed by atoms with Crippen LogP contribution in [0.4, 0.5) is 0 Å². The number of benzene rings is 1. The van der Waals surface area contributed by atoms with Gasteiger partial charge < -0.3 is 14.8 Å². The van der Waals surface area contributed by atoms with Crippen molar-refractivity contribution in [1.29, 1.82) is 0 Å². The number of rotatable bonds is 3. The second-order valence-corrected chi connectivity index (χ2v) is 3.15. The van der Waals surface area contributed by atoms with Gasteiger partial charge in [-0.15, -0.1) is 0 Å². The molecule has 1 heterocycles. The lowest BCUT2D eigenvalue weighted by Gasteiger charge is -2.09. The Kier molecular flexibility index (Phi) is 1.26. The molecule has 0 saturated heterocycles. The number of fused-ring (bicyclic) bond motifs is 1. The molecule has 1 aromatic rings. The van der Waals surface area contributed by atoms with Crippen LogP contribution in [0.5, 0.6) is 11.5 Å². The van der Waals surface area contributed by atoms with Crippen molar-refractivity contribution in [1.82, 2.24) is 5.32 Å². The van der Waals surface area contributed by atoms with E-state index >= 15 is 0 Å². The molecule has 3 heteroatoms. The molecule has 1 atom stereocenters. The molecule has 0 spiro atoms. The average Bonchev–Trinajstić information content (AvgIpc) is 2.46. The number of hydrogen-bond donors (Lipinski definition) is 1. The minimum atomic E-state index is -2.40. The molecule has 0 aromatic heterocycles. The Balaban J connectivity index is 2.13. The van der Waals surface area contributed by atoms with Crippen LogP contribution in [0.2, 0.25) is 0 Å². The highest BCUT2D eigenvalue weighted by molar-refractivity contribution is 5.44. The summed E-state index contributed by atoms with van der Waals surface area (Å²) < 4.78 is 53.9. The zero-order valence-corrected chi connectivity index (χ0v) is 7.76. The summed E-state index contributed by atoms with van der Waals surface area (Å²) in [7, 11) is 0. The first kappa shape index (κ1) is 4.53. The third kappa shape index (κ3) is 1.82. The van der Waals surface area contributed by atoms with Crippen LogP contribution in [0.25, 0.3) is 0 Å². The van der Waals surface area contributed by atoms with E-state index in [4.69, 9.17) is 17.7 Å². The molecule has 0 amide bonds. The maximum atomic E-state index is 7.98. The number of ether oxygens (including phenoxy) is 2. The summed E-state index contributed by atoms with van der Waals surface area (Å²) in [5.41, 5.74) is 0.652. The minimum Gasteiger partial charge on any atom is -0.454 e. The molecule has 1 aliphatic heterocycles. The fraction of sp³-hybridized carbons (Fsp3) is 0.455. The van der Waals surface area contributed by atoms with Crippen molar-refractivity contribution in [2.45, 2.75) is 19.4 Å². The molecule has 1 aromatic carbocycles. The molecule has 76 valence electrons. The van der Waals surface area contributed by atoms with E-state index in [1.54, 1.807) is 18.2 Å². The third-order valence-corrected chi connectivity index (χ3v) is 1.99. The average molecular weight is 199 g/mol. The van der Waals surface area contributed by atoms with Gasteiger partial charge in [-0.25, -0.2) is 0 Å². The summed E-state index contributed by atoms with van der Waals surface area (Å²) in [4.78, 5) is 0. The smallest absolute Gasteiger partial charge is 0.231 e. The Bertz CT molecular complexity index is 514. The number of nitrogens with one attached hydrogen (secondary N) is 1. The Morgan fingerprint density at radius 1 is 1.64 bits per heavy atom. The maximum Gasteiger partial charge on any atom is 0.231 e. The van der Waals surface area contributed by atoms with Crippen molar-refractivity contribution >= 4 is 0 Å². The fourth-order valence-corrected chi connectivity index (χ4v) is 1.29. The quantitative estimate of drug-likeness (QED) is 0.801. The summed E-state index contributed by atoms with van der Waals surface area (Å²) in [5.74, 6) is 0.534. The van der Waals surface area contributed by atoms with Crippen LogP contribution in [0, 0.1) is 0 Å². The van der Waals surface area contributed by atoms with E-state index in [1.165, 1.54) is 6.92 Å². The van der Waals surface area contributed by atoms with Gasteiger partial charge in [-0.3, -0.25) is 0 Å². The molecule has 2 rings (SSSR count).